The lowest BCUT2D eigenvalue weighted by molar-refractivity contribution is 0.147. The highest BCUT2D eigenvalue weighted by Gasteiger charge is 2.33. The summed E-state index contributed by atoms with van der Waals surface area (Å²) in [6, 6.07) is 7.08. The summed E-state index contributed by atoms with van der Waals surface area (Å²) >= 11 is 0. The van der Waals surface area contributed by atoms with Gasteiger partial charge in [-0.05, 0) is 117 Å². The standard InChI is InChI=1S/C30H38F2O/c1-4-6-21-7-9-23(10-8-21)24-13-11-22(12-14-24)20(3)27-18-25-15-16-26(33-17-5-2)19-28(25)30(32)29(27)31/h4-6,15-16,18-24H,2,7-14,17H2,1,3H3/b6-4+. The van der Waals surface area contributed by atoms with Crippen molar-refractivity contribution in [2.24, 2.45) is 23.7 Å². The Morgan fingerprint density at radius 3 is 2.27 bits per heavy atom. The van der Waals surface area contributed by atoms with Gasteiger partial charge < -0.3 is 4.74 Å². The van der Waals surface area contributed by atoms with Gasteiger partial charge >= 0.3 is 0 Å². The highest BCUT2D eigenvalue weighted by molar-refractivity contribution is 5.85. The van der Waals surface area contributed by atoms with Crippen molar-refractivity contribution in [1.82, 2.24) is 0 Å². The van der Waals surface area contributed by atoms with Crippen LogP contribution in [-0.2, 0) is 0 Å². The van der Waals surface area contributed by atoms with E-state index in [-0.39, 0.29) is 11.3 Å². The molecule has 0 bridgehead atoms. The molecule has 33 heavy (non-hydrogen) atoms. The van der Waals surface area contributed by atoms with Crippen molar-refractivity contribution in [1.29, 1.82) is 0 Å². The van der Waals surface area contributed by atoms with Gasteiger partial charge in [-0.1, -0.05) is 37.8 Å². The van der Waals surface area contributed by atoms with E-state index in [1.54, 1.807) is 12.1 Å². The molecule has 0 N–H and O–H groups in total. The first kappa shape index (κ1) is 24.0. The zero-order chi connectivity index (χ0) is 23.4. The van der Waals surface area contributed by atoms with Gasteiger partial charge in [0.15, 0.2) is 11.6 Å². The number of rotatable bonds is 7. The predicted molar refractivity (Wildman–Crippen MR) is 134 cm³/mol. The monoisotopic (exact) mass is 452 g/mol. The third-order valence-electron chi connectivity index (χ3n) is 8.35. The Hall–Kier alpha value is -2.16. The number of hydrogen-bond donors (Lipinski definition) is 0. The lowest BCUT2D eigenvalue weighted by Crippen LogP contribution is -2.27. The van der Waals surface area contributed by atoms with Crippen LogP contribution in [-0.4, -0.2) is 6.61 Å². The van der Waals surface area contributed by atoms with E-state index in [9.17, 15) is 0 Å². The van der Waals surface area contributed by atoms with Gasteiger partial charge in [0.05, 0.1) is 0 Å². The van der Waals surface area contributed by atoms with Gasteiger partial charge in [0.25, 0.3) is 0 Å². The third-order valence-corrected chi connectivity index (χ3v) is 8.35. The second kappa shape index (κ2) is 10.8. The number of benzene rings is 2. The van der Waals surface area contributed by atoms with Crippen LogP contribution in [0, 0.1) is 35.3 Å². The SMILES string of the molecule is C=CCOc1ccc2cc(C(C)C3CCC(C4CCC(/C=C/C)CC4)CC3)c(F)c(F)c2c1. The van der Waals surface area contributed by atoms with Crippen molar-refractivity contribution in [3.63, 3.8) is 0 Å². The van der Waals surface area contributed by atoms with Crippen LogP contribution in [0.15, 0.2) is 49.1 Å². The number of ether oxygens (including phenoxy) is 1. The van der Waals surface area contributed by atoms with Gasteiger partial charge in [-0.25, -0.2) is 8.78 Å². The van der Waals surface area contributed by atoms with E-state index in [2.05, 4.69) is 32.6 Å². The van der Waals surface area contributed by atoms with E-state index in [1.165, 1.54) is 38.5 Å². The van der Waals surface area contributed by atoms with Gasteiger partial charge in [-0.15, -0.1) is 0 Å². The Kier molecular flexibility index (Phi) is 7.88. The second-order valence-corrected chi connectivity index (χ2v) is 10.2. The molecule has 3 heteroatoms. The molecule has 2 aliphatic carbocycles. The number of fused-ring (bicyclic) bond motifs is 1. The van der Waals surface area contributed by atoms with Crippen LogP contribution >= 0.6 is 0 Å². The van der Waals surface area contributed by atoms with Crippen molar-refractivity contribution in [3.05, 3.63) is 66.3 Å². The summed E-state index contributed by atoms with van der Waals surface area (Å²) in [7, 11) is 0. The molecule has 0 heterocycles. The summed E-state index contributed by atoms with van der Waals surface area (Å²) < 4.78 is 35.7. The molecular formula is C30H38F2O. The molecule has 4 rings (SSSR count). The molecule has 1 nitrogen and oxygen atoms in total. The van der Waals surface area contributed by atoms with Crippen molar-refractivity contribution < 1.29 is 13.5 Å². The van der Waals surface area contributed by atoms with Crippen LogP contribution in [0.3, 0.4) is 0 Å². The Bertz CT molecular complexity index is 978. The van der Waals surface area contributed by atoms with Crippen LogP contribution in [0.2, 0.25) is 0 Å². The van der Waals surface area contributed by atoms with Crippen LogP contribution in [0.1, 0.15) is 76.7 Å². The summed E-state index contributed by atoms with van der Waals surface area (Å²) in [4.78, 5) is 0. The van der Waals surface area contributed by atoms with E-state index in [1.807, 2.05) is 18.2 Å². The van der Waals surface area contributed by atoms with Crippen molar-refractivity contribution in [3.8, 4) is 5.75 Å². The minimum Gasteiger partial charge on any atom is -0.490 e. The molecule has 2 fully saturated rings. The van der Waals surface area contributed by atoms with Gasteiger partial charge in [-0.3, -0.25) is 0 Å². The minimum absolute atomic E-state index is 0.0203. The van der Waals surface area contributed by atoms with E-state index in [0.717, 1.165) is 36.0 Å². The Labute approximate surface area is 197 Å². The summed E-state index contributed by atoms with van der Waals surface area (Å²) in [5.41, 5.74) is 0.523. The molecule has 0 spiro atoms. The molecule has 178 valence electrons. The van der Waals surface area contributed by atoms with E-state index >= 15 is 8.78 Å². The highest BCUT2D eigenvalue weighted by atomic mass is 19.2. The molecular weight excluding hydrogens is 414 g/mol. The topological polar surface area (TPSA) is 9.23 Å². The summed E-state index contributed by atoms with van der Waals surface area (Å²) in [6.07, 6.45) is 16.3. The number of allylic oxidation sites excluding steroid dienone is 2. The number of hydrogen-bond acceptors (Lipinski definition) is 1. The maximum atomic E-state index is 15.2. The first-order valence-electron chi connectivity index (χ1n) is 12.8. The van der Waals surface area contributed by atoms with Gasteiger partial charge in [-0.2, -0.15) is 0 Å². The van der Waals surface area contributed by atoms with Crippen molar-refractivity contribution >= 4 is 10.8 Å². The van der Waals surface area contributed by atoms with E-state index < -0.39 is 11.6 Å². The van der Waals surface area contributed by atoms with Gasteiger partial charge in [0.1, 0.15) is 12.4 Å². The third kappa shape index (κ3) is 5.34. The first-order chi connectivity index (χ1) is 16.0. The summed E-state index contributed by atoms with van der Waals surface area (Å²) in [5, 5.41) is 1.01. The quantitative estimate of drug-likeness (QED) is 0.381. The molecule has 0 saturated heterocycles. The van der Waals surface area contributed by atoms with Gasteiger partial charge in [0, 0.05) is 5.39 Å². The van der Waals surface area contributed by atoms with Gasteiger partial charge in [0.2, 0.25) is 0 Å². The molecule has 1 atom stereocenters. The molecule has 0 aliphatic heterocycles. The minimum atomic E-state index is -0.759. The fourth-order valence-electron chi connectivity index (χ4n) is 6.35. The average molecular weight is 453 g/mol. The van der Waals surface area contributed by atoms with E-state index in [0.29, 0.717) is 23.8 Å². The second-order valence-electron chi connectivity index (χ2n) is 10.2. The predicted octanol–water partition coefficient (Wildman–Crippen LogP) is 8.98. The zero-order valence-electron chi connectivity index (χ0n) is 20.2. The van der Waals surface area contributed by atoms with E-state index in [4.69, 9.17) is 4.74 Å². The molecule has 2 aromatic carbocycles. The lowest BCUT2D eigenvalue weighted by atomic mass is 9.67. The molecule has 2 aromatic rings. The molecule has 1 unspecified atom stereocenters. The largest absolute Gasteiger partial charge is 0.490 e. The van der Waals surface area contributed by atoms with Crippen LogP contribution in [0.25, 0.3) is 10.8 Å². The van der Waals surface area contributed by atoms with Crippen LogP contribution in [0.5, 0.6) is 5.75 Å². The lowest BCUT2D eigenvalue weighted by Gasteiger charge is -2.39. The van der Waals surface area contributed by atoms with Crippen molar-refractivity contribution in [2.75, 3.05) is 6.61 Å². The molecule has 2 saturated carbocycles. The fraction of sp³-hybridized carbons (Fsp3) is 0.533. The summed E-state index contributed by atoms with van der Waals surface area (Å²) in [5.74, 6) is 1.96. The number of halogens is 2. The first-order valence-corrected chi connectivity index (χ1v) is 12.8. The highest BCUT2D eigenvalue weighted by Crippen LogP contribution is 2.45. The average Bonchev–Trinajstić information content (AvgIpc) is 2.85. The fourth-order valence-corrected chi connectivity index (χ4v) is 6.35. The molecule has 0 aromatic heterocycles. The van der Waals surface area contributed by atoms with Crippen molar-refractivity contribution in [2.45, 2.75) is 71.1 Å². The van der Waals surface area contributed by atoms with Crippen LogP contribution in [0.4, 0.5) is 8.78 Å². The molecule has 0 amide bonds. The van der Waals surface area contributed by atoms with Crippen LogP contribution < -0.4 is 4.74 Å². The smallest absolute Gasteiger partial charge is 0.167 e. The molecule has 0 radical (unpaired) electrons. The zero-order valence-corrected chi connectivity index (χ0v) is 20.2. The Balaban J connectivity index is 1.42. The maximum absolute atomic E-state index is 15.2. The Morgan fingerprint density at radius 2 is 1.64 bits per heavy atom. The molecule has 2 aliphatic rings. The Morgan fingerprint density at radius 1 is 0.970 bits per heavy atom. The maximum Gasteiger partial charge on any atom is 0.167 e. The summed E-state index contributed by atoms with van der Waals surface area (Å²) in [6.45, 7) is 8.16. The normalized spacial score (nSPS) is 27.0.